The van der Waals surface area contributed by atoms with Gasteiger partial charge in [-0.1, -0.05) is 32.0 Å². The Balaban J connectivity index is 2.06. The average molecular weight is 382 g/mol. The Morgan fingerprint density at radius 3 is 2.04 bits per heavy atom. The summed E-state index contributed by atoms with van der Waals surface area (Å²) in [5, 5.41) is 2.89. The number of hydrogen-bond acceptors (Lipinski definition) is 3. The van der Waals surface area contributed by atoms with Gasteiger partial charge in [-0.25, -0.2) is 0 Å². The molecule has 2 aromatic rings. The zero-order chi connectivity index (χ0) is 20.5. The van der Waals surface area contributed by atoms with E-state index in [9.17, 15) is 9.59 Å². The number of carbonyl (C=O) groups is 2. The summed E-state index contributed by atoms with van der Waals surface area (Å²) in [4.78, 5) is 29.2. The predicted molar refractivity (Wildman–Crippen MR) is 115 cm³/mol. The number of rotatable bonds is 9. The molecule has 0 aromatic heterocycles. The van der Waals surface area contributed by atoms with E-state index in [1.165, 1.54) is 5.56 Å². The van der Waals surface area contributed by atoms with E-state index in [0.29, 0.717) is 29.9 Å². The number of nitrogens with zero attached hydrogens (tertiary/aromatic N) is 2. The monoisotopic (exact) mass is 381 g/mol. The topological polar surface area (TPSA) is 52.7 Å². The molecule has 0 fully saturated rings. The maximum Gasteiger partial charge on any atom is 0.255 e. The van der Waals surface area contributed by atoms with Crippen LogP contribution in [0.3, 0.4) is 0 Å². The standard InChI is InChI=1S/C23H31N3O2/c1-5-25(6-2)17-18-12-14-19(15-13-18)22(27)24-21-11-9-10-20(16-21)23(28)26(7-3)8-4/h9-16H,5-8,17H2,1-4H3,(H,24,27). The molecule has 0 heterocycles. The highest BCUT2D eigenvalue weighted by molar-refractivity contribution is 6.05. The van der Waals surface area contributed by atoms with E-state index in [1.54, 1.807) is 29.2 Å². The van der Waals surface area contributed by atoms with Crippen LogP contribution in [0.4, 0.5) is 5.69 Å². The van der Waals surface area contributed by atoms with Crippen molar-refractivity contribution < 1.29 is 9.59 Å². The summed E-state index contributed by atoms with van der Waals surface area (Å²) in [7, 11) is 0. The Bertz CT molecular complexity index is 779. The molecule has 0 saturated heterocycles. The molecule has 2 aromatic carbocycles. The van der Waals surface area contributed by atoms with Gasteiger partial charge in [0.05, 0.1) is 0 Å². The fourth-order valence-electron chi connectivity index (χ4n) is 3.09. The zero-order valence-corrected chi connectivity index (χ0v) is 17.4. The minimum absolute atomic E-state index is 0.0261. The summed E-state index contributed by atoms with van der Waals surface area (Å²) < 4.78 is 0. The lowest BCUT2D eigenvalue weighted by molar-refractivity contribution is 0.0772. The molecular formula is C23H31N3O2. The molecule has 28 heavy (non-hydrogen) atoms. The Morgan fingerprint density at radius 1 is 0.821 bits per heavy atom. The highest BCUT2D eigenvalue weighted by atomic mass is 16.2. The van der Waals surface area contributed by atoms with E-state index < -0.39 is 0 Å². The fourth-order valence-corrected chi connectivity index (χ4v) is 3.09. The lowest BCUT2D eigenvalue weighted by atomic mass is 10.1. The Hall–Kier alpha value is -2.66. The highest BCUT2D eigenvalue weighted by Gasteiger charge is 2.14. The van der Waals surface area contributed by atoms with Crippen LogP contribution < -0.4 is 5.32 Å². The highest BCUT2D eigenvalue weighted by Crippen LogP contribution is 2.15. The Labute approximate surface area is 168 Å². The summed E-state index contributed by atoms with van der Waals surface area (Å²) >= 11 is 0. The fraction of sp³-hybridized carbons (Fsp3) is 0.391. The van der Waals surface area contributed by atoms with Gasteiger partial charge in [-0.05, 0) is 62.8 Å². The molecule has 0 radical (unpaired) electrons. The van der Waals surface area contributed by atoms with Gasteiger partial charge in [-0.15, -0.1) is 0 Å². The van der Waals surface area contributed by atoms with E-state index in [2.05, 4.69) is 24.1 Å². The van der Waals surface area contributed by atoms with Gasteiger partial charge in [-0.3, -0.25) is 14.5 Å². The third-order valence-electron chi connectivity index (χ3n) is 4.93. The SMILES string of the molecule is CCN(CC)Cc1ccc(C(=O)Nc2cccc(C(=O)N(CC)CC)c2)cc1. The second-order valence-electron chi connectivity index (χ2n) is 6.67. The molecule has 1 N–H and O–H groups in total. The zero-order valence-electron chi connectivity index (χ0n) is 17.4. The van der Waals surface area contributed by atoms with Crippen molar-refractivity contribution in [2.24, 2.45) is 0 Å². The normalized spacial score (nSPS) is 10.8. The molecule has 0 atom stereocenters. The van der Waals surface area contributed by atoms with Crippen LogP contribution in [0.5, 0.6) is 0 Å². The van der Waals surface area contributed by atoms with E-state index in [-0.39, 0.29) is 11.8 Å². The smallest absolute Gasteiger partial charge is 0.255 e. The molecule has 0 aliphatic rings. The second kappa shape index (κ2) is 10.6. The van der Waals surface area contributed by atoms with Crippen LogP contribution in [-0.2, 0) is 6.54 Å². The summed E-state index contributed by atoms with van der Waals surface area (Å²) in [6, 6.07) is 14.8. The van der Waals surface area contributed by atoms with Gasteiger partial charge in [0.1, 0.15) is 0 Å². The molecule has 0 spiro atoms. The first-order valence-corrected chi connectivity index (χ1v) is 10.0. The minimum atomic E-state index is -0.179. The van der Waals surface area contributed by atoms with Gasteiger partial charge < -0.3 is 10.2 Å². The van der Waals surface area contributed by atoms with Crippen molar-refractivity contribution in [2.75, 3.05) is 31.5 Å². The maximum absolute atomic E-state index is 12.6. The van der Waals surface area contributed by atoms with E-state index >= 15 is 0 Å². The lowest BCUT2D eigenvalue weighted by Gasteiger charge is -2.19. The molecule has 2 amide bonds. The molecule has 0 aliphatic carbocycles. The van der Waals surface area contributed by atoms with Crippen molar-refractivity contribution in [3.8, 4) is 0 Å². The third-order valence-corrected chi connectivity index (χ3v) is 4.93. The van der Waals surface area contributed by atoms with Gasteiger partial charge >= 0.3 is 0 Å². The summed E-state index contributed by atoms with van der Waals surface area (Å²) in [6.07, 6.45) is 0. The molecule has 0 saturated carbocycles. The molecule has 150 valence electrons. The van der Waals surface area contributed by atoms with Crippen LogP contribution >= 0.6 is 0 Å². The van der Waals surface area contributed by atoms with Crippen molar-refractivity contribution in [3.05, 3.63) is 65.2 Å². The minimum Gasteiger partial charge on any atom is -0.339 e. The first kappa shape index (κ1) is 21.6. The maximum atomic E-state index is 12.6. The Kier molecular flexibility index (Phi) is 8.20. The van der Waals surface area contributed by atoms with Crippen LogP contribution in [0.1, 0.15) is 54.0 Å². The van der Waals surface area contributed by atoms with Crippen LogP contribution in [0.25, 0.3) is 0 Å². The molecule has 0 aliphatic heterocycles. The number of nitrogens with one attached hydrogen (secondary N) is 1. The summed E-state index contributed by atoms with van der Waals surface area (Å²) in [5.41, 5.74) is 2.99. The summed E-state index contributed by atoms with van der Waals surface area (Å²) in [6.45, 7) is 12.4. The summed E-state index contributed by atoms with van der Waals surface area (Å²) in [5.74, 6) is -0.205. The third kappa shape index (κ3) is 5.67. The van der Waals surface area contributed by atoms with Crippen LogP contribution in [0.2, 0.25) is 0 Å². The van der Waals surface area contributed by atoms with Gasteiger partial charge in [0.15, 0.2) is 0 Å². The number of benzene rings is 2. The molecular weight excluding hydrogens is 350 g/mol. The molecule has 2 rings (SSSR count). The molecule has 0 bridgehead atoms. The number of hydrogen-bond donors (Lipinski definition) is 1. The Morgan fingerprint density at radius 2 is 1.46 bits per heavy atom. The van der Waals surface area contributed by atoms with Crippen molar-refractivity contribution >= 4 is 17.5 Å². The van der Waals surface area contributed by atoms with Crippen molar-refractivity contribution in [2.45, 2.75) is 34.2 Å². The van der Waals surface area contributed by atoms with Crippen molar-refractivity contribution in [1.29, 1.82) is 0 Å². The number of anilines is 1. The van der Waals surface area contributed by atoms with Gasteiger partial charge in [-0.2, -0.15) is 0 Å². The second-order valence-corrected chi connectivity index (χ2v) is 6.67. The van der Waals surface area contributed by atoms with Gasteiger partial charge in [0.2, 0.25) is 0 Å². The van der Waals surface area contributed by atoms with Gasteiger partial charge in [0.25, 0.3) is 11.8 Å². The van der Waals surface area contributed by atoms with E-state index in [0.717, 1.165) is 19.6 Å². The molecule has 5 nitrogen and oxygen atoms in total. The van der Waals surface area contributed by atoms with Crippen LogP contribution in [0.15, 0.2) is 48.5 Å². The van der Waals surface area contributed by atoms with Crippen molar-refractivity contribution in [3.63, 3.8) is 0 Å². The van der Waals surface area contributed by atoms with Gasteiger partial charge in [0, 0.05) is 36.4 Å². The number of carbonyl (C=O) groups excluding carboxylic acids is 2. The van der Waals surface area contributed by atoms with Crippen molar-refractivity contribution in [1.82, 2.24) is 9.80 Å². The predicted octanol–water partition coefficient (Wildman–Crippen LogP) is 4.26. The lowest BCUT2D eigenvalue weighted by Crippen LogP contribution is -2.30. The number of amides is 2. The first-order valence-electron chi connectivity index (χ1n) is 10.0. The average Bonchev–Trinajstić information content (AvgIpc) is 2.73. The first-order chi connectivity index (χ1) is 13.5. The van der Waals surface area contributed by atoms with Crippen LogP contribution in [0, 0.1) is 0 Å². The quantitative estimate of drug-likeness (QED) is 0.706. The van der Waals surface area contributed by atoms with E-state index in [4.69, 9.17) is 0 Å². The van der Waals surface area contributed by atoms with Crippen LogP contribution in [-0.4, -0.2) is 47.8 Å². The molecule has 5 heteroatoms. The van der Waals surface area contributed by atoms with E-state index in [1.807, 2.05) is 38.1 Å². The molecule has 0 unspecified atom stereocenters. The largest absolute Gasteiger partial charge is 0.339 e.